The van der Waals surface area contributed by atoms with Gasteiger partial charge >= 0.3 is 0 Å². The van der Waals surface area contributed by atoms with Crippen molar-refractivity contribution in [2.45, 2.75) is 71.1 Å². The lowest BCUT2D eigenvalue weighted by Crippen LogP contribution is -2.10. The summed E-state index contributed by atoms with van der Waals surface area (Å²) in [7, 11) is 0. The van der Waals surface area contributed by atoms with Gasteiger partial charge in [0.2, 0.25) is 0 Å². The first-order valence-corrected chi connectivity index (χ1v) is 7.97. The molecule has 0 bridgehead atoms. The smallest absolute Gasteiger partial charge is 0.189 e. The second-order valence-corrected chi connectivity index (χ2v) is 6.14. The molecular weight excluding hydrogens is 216 g/mol. The van der Waals surface area contributed by atoms with E-state index in [1.54, 1.807) is 11.8 Å². The molecule has 0 aromatic carbocycles. The number of thioether (sulfide) groups is 1. The second-order valence-electron chi connectivity index (χ2n) is 4.99. The minimum absolute atomic E-state index is 0.448. The van der Waals surface area contributed by atoms with Crippen LogP contribution in [0, 0.1) is 5.92 Å². The maximum Gasteiger partial charge on any atom is 0.189 e. The highest BCUT2D eigenvalue weighted by Crippen LogP contribution is 2.28. The Labute approximate surface area is 105 Å². The van der Waals surface area contributed by atoms with E-state index in [0.29, 0.717) is 11.0 Å². The minimum atomic E-state index is 0.448. The van der Waals surface area contributed by atoms with Crippen molar-refractivity contribution in [3.05, 3.63) is 0 Å². The van der Waals surface area contributed by atoms with Crippen molar-refractivity contribution in [2.24, 2.45) is 5.92 Å². The van der Waals surface area contributed by atoms with Crippen molar-refractivity contribution in [2.75, 3.05) is 5.75 Å². The normalized spacial score (nSPS) is 17.6. The molecule has 1 saturated carbocycles. The zero-order valence-electron chi connectivity index (χ0n) is 10.7. The van der Waals surface area contributed by atoms with Gasteiger partial charge in [-0.15, -0.1) is 0 Å². The average Bonchev–Trinajstić information content (AvgIpc) is 2.30. The molecule has 0 saturated heterocycles. The number of hydrogen-bond donors (Lipinski definition) is 0. The molecule has 2 heteroatoms. The summed E-state index contributed by atoms with van der Waals surface area (Å²) in [5, 5.41) is 0.448. The minimum Gasteiger partial charge on any atom is -0.287 e. The van der Waals surface area contributed by atoms with Gasteiger partial charge in [-0.05, 0) is 25.2 Å². The fourth-order valence-electron chi connectivity index (χ4n) is 2.40. The maximum atomic E-state index is 11.7. The number of carbonyl (C=O) groups excluding carboxylic acids is 1. The molecule has 1 rings (SSSR count). The van der Waals surface area contributed by atoms with Gasteiger partial charge in [0, 0.05) is 12.2 Å². The Balaban J connectivity index is 1.97. The summed E-state index contributed by atoms with van der Waals surface area (Å²) < 4.78 is 0. The maximum absolute atomic E-state index is 11.7. The standard InChI is InChI=1S/C14H26OS/c1-2-3-4-8-11-16-14(15)12-13-9-6-5-7-10-13/h13H,2-12H2,1H3. The van der Waals surface area contributed by atoms with Crippen LogP contribution in [0.4, 0.5) is 0 Å². The monoisotopic (exact) mass is 242 g/mol. The number of carbonyl (C=O) groups is 1. The molecule has 0 N–H and O–H groups in total. The molecule has 1 aliphatic rings. The molecule has 0 aliphatic heterocycles. The van der Waals surface area contributed by atoms with E-state index in [9.17, 15) is 4.79 Å². The highest BCUT2D eigenvalue weighted by Gasteiger charge is 2.16. The zero-order valence-corrected chi connectivity index (χ0v) is 11.5. The Bertz CT molecular complexity index is 185. The van der Waals surface area contributed by atoms with E-state index in [-0.39, 0.29) is 0 Å². The molecule has 94 valence electrons. The lowest BCUT2D eigenvalue weighted by molar-refractivity contribution is -0.112. The molecule has 0 aromatic heterocycles. The van der Waals surface area contributed by atoms with Gasteiger partial charge in [-0.1, -0.05) is 57.2 Å². The molecule has 0 spiro atoms. The second kappa shape index (κ2) is 9.09. The lowest BCUT2D eigenvalue weighted by Gasteiger charge is -2.20. The summed E-state index contributed by atoms with van der Waals surface area (Å²) in [6.45, 7) is 2.22. The Morgan fingerprint density at radius 2 is 1.88 bits per heavy atom. The molecule has 0 aromatic rings. The van der Waals surface area contributed by atoms with Gasteiger partial charge in [0.15, 0.2) is 5.12 Å². The van der Waals surface area contributed by atoms with Crippen molar-refractivity contribution < 1.29 is 4.79 Å². The summed E-state index contributed by atoms with van der Waals surface area (Å²) in [6, 6.07) is 0. The molecule has 1 aliphatic carbocycles. The predicted molar refractivity (Wildman–Crippen MR) is 72.8 cm³/mol. The van der Waals surface area contributed by atoms with Crippen LogP contribution in [-0.4, -0.2) is 10.9 Å². The Morgan fingerprint density at radius 1 is 1.12 bits per heavy atom. The molecule has 0 heterocycles. The van der Waals surface area contributed by atoms with E-state index in [1.165, 1.54) is 57.8 Å². The van der Waals surface area contributed by atoms with Crippen LogP contribution in [0.15, 0.2) is 0 Å². The summed E-state index contributed by atoms with van der Waals surface area (Å²) in [6.07, 6.45) is 12.6. The van der Waals surface area contributed by atoms with Crippen molar-refractivity contribution in [3.63, 3.8) is 0 Å². The quantitative estimate of drug-likeness (QED) is 0.597. The van der Waals surface area contributed by atoms with Gasteiger partial charge < -0.3 is 0 Å². The summed E-state index contributed by atoms with van der Waals surface area (Å²) in [4.78, 5) is 11.7. The SMILES string of the molecule is CCCCCCSC(=O)CC1CCCCC1. The summed E-state index contributed by atoms with van der Waals surface area (Å²) >= 11 is 1.58. The first kappa shape index (κ1) is 14.1. The Kier molecular flexibility index (Phi) is 8.00. The predicted octanol–water partition coefficient (Wildman–Crippen LogP) is 4.80. The van der Waals surface area contributed by atoms with Crippen molar-refractivity contribution in [1.82, 2.24) is 0 Å². The highest BCUT2D eigenvalue weighted by atomic mass is 32.2. The molecule has 1 fully saturated rings. The molecule has 0 radical (unpaired) electrons. The Morgan fingerprint density at radius 3 is 2.56 bits per heavy atom. The average molecular weight is 242 g/mol. The van der Waals surface area contributed by atoms with Gasteiger partial charge in [-0.25, -0.2) is 0 Å². The van der Waals surface area contributed by atoms with Gasteiger partial charge in [0.1, 0.15) is 0 Å². The van der Waals surface area contributed by atoms with E-state index in [1.807, 2.05) is 0 Å². The van der Waals surface area contributed by atoms with Crippen LogP contribution >= 0.6 is 11.8 Å². The largest absolute Gasteiger partial charge is 0.287 e. The molecule has 16 heavy (non-hydrogen) atoms. The number of rotatable bonds is 7. The van der Waals surface area contributed by atoms with Gasteiger partial charge in [0.05, 0.1) is 0 Å². The third-order valence-electron chi connectivity index (χ3n) is 3.44. The van der Waals surface area contributed by atoms with E-state index in [2.05, 4.69) is 6.92 Å². The highest BCUT2D eigenvalue weighted by molar-refractivity contribution is 8.13. The summed E-state index contributed by atoms with van der Waals surface area (Å²) in [5.41, 5.74) is 0. The van der Waals surface area contributed by atoms with Crippen molar-refractivity contribution >= 4 is 16.9 Å². The molecule has 0 atom stereocenters. The van der Waals surface area contributed by atoms with E-state index >= 15 is 0 Å². The number of unbranched alkanes of at least 4 members (excludes halogenated alkanes) is 3. The molecular formula is C14H26OS. The van der Waals surface area contributed by atoms with Crippen LogP contribution in [0.2, 0.25) is 0 Å². The van der Waals surface area contributed by atoms with Crippen molar-refractivity contribution in [1.29, 1.82) is 0 Å². The first-order valence-electron chi connectivity index (χ1n) is 6.98. The topological polar surface area (TPSA) is 17.1 Å². The first-order chi connectivity index (χ1) is 7.83. The van der Waals surface area contributed by atoms with Gasteiger partial charge in [-0.3, -0.25) is 4.79 Å². The fraction of sp³-hybridized carbons (Fsp3) is 0.929. The fourth-order valence-corrected chi connectivity index (χ4v) is 3.33. The number of hydrogen-bond acceptors (Lipinski definition) is 2. The van der Waals surface area contributed by atoms with Crippen LogP contribution in [0.5, 0.6) is 0 Å². The van der Waals surface area contributed by atoms with Crippen LogP contribution in [0.1, 0.15) is 71.1 Å². The van der Waals surface area contributed by atoms with E-state index < -0.39 is 0 Å². The van der Waals surface area contributed by atoms with Crippen LogP contribution < -0.4 is 0 Å². The molecule has 0 unspecified atom stereocenters. The Hall–Kier alpha value is 0.0200. The molecule has 0 amide bonds. The zero-order chi connectivity index (χ0) is 11.6. The lowest BCUT2D eigenvalue weighted by atomic mass is 9.87. The van der Waals surface area contributed by atoms with Crippen LogP contribution in [0.3, 0.4) is 0 Å². The van der Waals surface area contributed by atoms with Crippen LogP contribution in [-0.2, 0) is 4.79 Å². The van der Waals surface area contributed by atoms with Crippen molar-refractivity contribution in [3.8, 4) is 0 Å². The third kappa shape index (κ3) is 6.57. The van der Waals surface area contributed by atoms with E-state index in [4.69, 9.17) is 0 Å². The third-order valence-corrected chi connectivity index (χ3v) is 4.42. The van der Waals surface area contributed by atoms with Gasteiger partial charge in [-0.2, -0.15) is 0 Å². The van der Waals surface area contributed by atoms with Gasteiger partial charge in [0.25, 0.3) is 0 Å². The van der Waals surface area contributed by atoms with Crippen LogP contribution in [0.25, 0.3) is 0 Å². The van der Waals surface area contributed by atoms with E-state index in [0.717, 1.165) is 12.2 Å². The molecule has 1 nitrogen and oxygen atoms in total. The summed E-state index contributed by atoms with van der Waals surface area (Å²) in [5.74, 6) is 1.76.